The Hall–Kier alpha value is -3.29. The molecule has 1 amide bonds. The second-order valence-corrected chi connectivity index (χ2v) is 10.0. The van der Waals surface area contributed by atoms with Crippen LogP contribution >= 0.6 is 0 Å². The molecular weight excluding hydrogens is 488 g/mol. The highest BCUT2D eigenvalue weighted by atomic mass is 16.7. The van der Waals surface area contributed by atoms with Crippen LogP contribution in [-0.2, 0) is 32.3 Å². The fourth-order valence-corrected chi connectivity index (χ4v) is 5.08. The van der Waals surface area contributed by atoms with Crippen molar-refractivity contribution < 1.29 is 19.1 Å². The van der Waals surface area contributed by atoms with Gasteiger partial charge in [-0.25, -0.2) is 5.06 Å². The van der Waals surface area contributed by atoms with E-state index in [-0.39, 0.29) is 24.1 Å². The third-order valence-corrected chi connectivity index (χ3v) is 7.41. The lowest BCUT2D eigenvalue weighted by atomic mass is 9.89. The lowest BCUT2D eigenvalue weighted by Gasteiger charge is -2.44. The summed E-state index contributed by atoms with van der Waals surface area (Å²) in [5.41, 5.74) is 4.61. The van der Waals surface area contributed by atoms with E-state index in [1.54, 1.807) is 13.1 Å². The summed E-state index contributed by atoms with van der Waals surface area (Å²) < 4.78 is 12.9. The van der Waals surface area contributed by atoms with Gasteiger partial charge in [-0.1, -0.05) is 96.6 Å². The molecular formula is C33H40N2O4. The van der Waals surface area contributed by atoms with Crippen molar-refractivity contribution in [2.45, 2.75) is 51.2 Å². The van der Waals surface area contributed by atoms with Crippen LogP contribution < -0.4 is 0 Å². The number of hydrogen-bond donors (Lipinski definition) is 0. The molecule has 0 aliphatic carbocycles. The molecule has 1 heterocycles. The van der Waals surface area contributed by atoms with Gasteiger partial charge in [-0.15, -0.1) is 0 Å². The molecule has 206 valence electrons. The first-order valence-corrected chi connectivity index (χ1v) is 13.6. The number of hydroxylamine groups is 2. The van der Waals surface area contributed by atoms with Gasteiger partial charge in [-0.2, -0.15) is 0 Å². The number of rotatable bonds is 12. The number of piperidine rings is 1. The minimum absolute atomic E-state index is 0.0281. The highest BCUT2D eigenvalue weighted by molar-refractivity contribution is 5.87. The number of likely N-dealkylation sites (N-methyl/N-ethyl adjacent to an activating group) is 1. The summed E-state index contributed by atoms with van der Waals surface area (Å²) in [5, 5.41) is 1.26. The van der Waals surface area contributed by atoms with E-state index in [1.807, 2.05) is 42.5 Å². The molecule has 0 bridgehead atoms. The van der Waals surface area contributed by atoms with Crippen LogP contribution in [0, 0.1) is 0 Å². The fraction of sp³-hybridized carbons (Fsp3) is 0.364. The number of carbonyl (C=O) groups excluding carboxylic acids is 1. The number of amides is 1. The van der Waals surface area contributed by atoms with E-state index < -0.39 is 0 Å². The fourth-order valence-electron chi connectivity index (χ4n) is 5.08. The average Bonchev–Trinajstić information content (AvgIpc) is 2.99. The van der Waals surface area contributed by atoms with Gasteiger partial charge in [0.1, 0.15) is 0 Å². The second-order valence-electron chi connectivity index (χ2n) is 10.0. The van der Waals surface area contributed by atoms with E-state index in [4.69, 9.17) is 14.3 Å². The molecule has 0 saturated carbocycles. The van der Waals surface area contributed by atoms with Gasteiger partial charge < -0.3 is 9.47 Å². The first kappa shape index (κ1) is 28.7. The Kier molecular flexibility index (Phi) is 10.9. The molecule has 0 N–H and O–H groups in total. The largest absolute Gasteiger partial charge is 0.374 e. The van der Waals surface area contributed by atoms with Gasteiger partial charge >= 0.3 is 0 Å². The minimum Gasteiger partial charge on any atom is -0.374 e. The molecule has 0 aromatic heterocycles. The topological polar surface area (TPSA) is 51.2 Å². The molecule has 6 nitrogen and oxygen atoms in total. The maximum atomic E-state index is 12.7. The lowest BCUT2D eigenvalue weighted by Crippen LogP contribution is -2.51. The summed E-state index contributed by atoms with van der Waals surface area (Å²) in [7, 11) is 3.13. The van der Waals surface area contributed by atoms with Crippen LogP contribution in [0.4, 0.5) is 0 Å². The molecule has 1 aliphatic heterocycles. The highest BCUT2D eigenvalue weighted by Crippen LogP contribution is 2.34. The monoisotopic (exact) mass is 528 g/mol. The van der Waals surface area contributed by atoms with E-state index in [1.165, 1.54) is 17.7 Å². The molecule has 1 aliphatic rings. The molecule has 4 rings (SSSR count). The Morgan fingerprint density at radius 3 is 2.15 bits per heavy atom. The molecule has 0 unspecified atom stereocenters. The van der Waals surface area contributed by atoms with E-state index >= 15 is 0 Å². The number of carbonyl (C=O) groups is 1. The number of ether oxygens (including phenoxy) is 2. The van der Waals surface area contributed by atoms with Crippen molar-refractivity contribution in [2.75, 3.05) is 27.3 Å². The van der Waals surface area contributed by atoms with Crippen LogP contribution in [0.2, 0.25) is 0 Å². The first-order chi connectivity index (χ1) is 19.0. The van der Waals surface area contributed by atoms with E-state index in [9.17, 15) is 4.79 Å². The average molecular weight is 529 g/mol. The molecule has 3 aromatic carbocycles. The Labute approximate surface area is 232 Å². The zero-order valence-corrected chi connectivity index (χ0v) is 23.2. The van der Waals surface area contributed by atoms with Gasteiger partial charge in [0.25, 0.3) is 5.91 Å². The Morgan fingerprint density at radius 1 is 0.949 bits per heavy atom. The zero-order valence-electron chi connectivity index (χ0n) is 23.2. The molecule has 6 heteroatoms. The lowest BCUT2D eigenvalue weighted by molar-refractivity contribution is -0.162. The maximum Gasteiger partial charge on any atom is 0.269 e. The number of hydrogen-bond acceptors (Lipinski definition) is 5. The van der Waals surface area contributed by atoms with Crippen LogP contribution in [0.25, 0.3) is 0 Å². The predicted molar refractivity (Wildman–Crippen MR) is 154 cm³/mol. The van der Waals surface area contributed by atoms with Gasteiger partial charge in [0.15, 0.2) is 0 Å². The van der Waals surface area contributed by atoms with Crippen LogP contribution in [0.1, 0.15) is 42.5 Å². The van der Waals surface area contributed by atoms with Gasteiger partial charge in [0, 0.05) is 31.8 Å². The van der Waals surface area contributed by atoms with Crippen molar-refractivity contribution in [1.29, 1.82) is 0 Å². The van der Waals surface area contributed by atoms with Crippen LogP contribution in [-0.4, -0.2) is 55.3 Å². The summed E-state index contributed by atoms with van der Waals surface area (Å²) in [5.74, 6) is -0.155. The van der Waals surface area contributed by atoms with Crippen molar-refractivity contribution >= 4 is 5.91 Å². The van der Waals surface area contributed by atoms with Crippen LogP contribution in [0.15, 0.2) is 103 Å². The summed E-state index contributed by atoms with van der Waals surface area (Å²) in [6, 6.07) is 31.2. The zero-order chi connectivity index (χ0) is 27.5. The summed E-state index contributed by atoms with van der Waals surface area (Å²) in [6.07, 6.45) is 3.06. The van der Waals surface area contributed by atoms with Crippen molar-refractivity contribution in [3.8, 4) is 0 Å². The molecule has 0 spiro atoms. The quantitative estimate of drug-likeness (QED) is 0.214. The summed E-state index contributed by atoms with van der Waals surface area (Å²) in [4.78, 5) is 20.3. The van der Waals surface area contributed by atoms with Crippen LogP contribution in [0.5, 0.6) is 0 Å². The van der Waals surface area contributed by atoms with E-state index in [2.05, 4.69) is 60.4 Å². The van der Waals surface area contributed by atoms with Gasteiger partial charge in [-0.3, -0.25) is 14.5 Å². The summed E-state index contributed by atoms with van der Waals surface area (Å²) in [6.45, 7) is 4.53. The normalized spacial score (nSPS) is 18.5. The van der Waals surface area contributed by atoms with Gasteiger partial charge in [0.2, 0.25) is 0 Å². The minimum atomic E-state index is -0.195. The molecule has 1 fully saturated rings. The molecule has 3 atom stereocenters. The van der Waals surface area contributed by atoms with Gasteiger partial charge in [-0.05, 0) is 36.5 Å². The van der Waals surface area contributed by atoms with Crippen molar-refractivity contribution in [3.63, 3.8) is 0 Å². The van der Waals surface area contributed by atoms with Gasteiger partial charge in [0.05, 0.1) is 33.0 Å². The summed E-state index contributed by atoms with van der Waals surface area (Å²) >= 11 is 0. The Bertz CT molecular complexity index is 1170. The van der Waals surface area contributed by atoms with Crippen LogP contribution in [0.3, 0.4) is 0 Å². The SMILES string of the molecule is CON(C)C(=O)/C=C1\CCN([C@@H](C)c2ccccc2)[C@@H]([C@@H](COCc2ccccc2)OCc2ccccc2)C1. The number of benzene rings is 3. The van der Waals surface area contributed by atoms with E-state index in [0.29, 0.717) is 26.2 Å². The Morgan fingerprint density at radius 2 is 1.54 bits per heavy atom. The highest BCUT2D eigenvalue weighted by Gasteiger charge is 2.36. The third kappa shape index (κ3) is 8.35. The van der Waals surface area contributed by atoms with Crippen molar-refractivity contribution in [3.05, 3.63) is 119 Å². The van der Waals surface area contributed by atoms with Crippen molar-refractivity contribution in [2.24, 2.45) is 0 Å². The maximum absolute atomic E-state index is 12.7. The smallest absolute Gasteiger partial charge is 0.269 e. The molecule has 0 radical (unpaired) electrons. The number of likely N-dealkylation sites (tertiary alicyclic amines) is 1. The Balaban J connectivity index is 1.59. The van der Waals surface area contributed by atoms with Crippen molar-refractivity contribution in [1.82, 2.24) is 9.96 Å². The molecule has 3 aromatic rings. The van der Waals surface area contributed by atoms with E-state index in [0.717, 1.165) is 29.7 Å². The first-order valence-electron chi connectivity index (χ1n) is 13.6. The standard InChI is InChI=1S/C33H40N2O4/c1-26(30-17-11-6-12-18-30)35-20-19-29(22-33(36)34(2)37-3)21-31(35)32(39-24-28-15-9-5-10-16-28)25-38-23-27-13-7-4-8-14-27/h4-18,22,26,31-32H,19-21,23-25H2,1-3H3/b29-22+/t26-,31+,32+/m0/s1. The number of nitrogens with zero attached hydrogens (tertiary/aromatic N) is 2. The second kappa shape index (κ2) is 14.8. The third-order valence-electron chi connectivity index (χ3n) is 7.41. The predicted octanol–water partition coefficient (Wildman–Crippen LogP) is 5.96. The molecule has 39 heavy (non-hydrogen) atoms. The molecule has 1 saturated heterocycles.